The number of benzene rings is 2. The zero-order valence-electron chi connectivity index (χ0n) is 16.0. The number of hydrogen-bond acceptors (Lipinski definition) is 7. The number of nitrogens with two attached hydrogens (primary N) is 1. The molecule has 0 bridgehead atoms. The maximum Gasteiger partial charge on any atom is 0.160 e. The molecule has 0 aliphatic rings. The highest BCUT2D eigenvalue weighted by atomic mass is 19.1. The minimum atomic E-state index is -0.744. The predicted octanol–water partition coefficient (Wildman–Crippen LogP) is 3.75. The fourth-order valence-electron chi connectivity index (χ4n) is 2.72. The van der Waals surface area contributed by atoms with Crippen LogP contribution in [0.15, 0.2) is 42.7 Å². The van der Waals surface area contributed by atoms with Crippen LogP contribution in [0.1, 0.15) is 5.56 Å². The highest BCUT2D eigenvalue weighted by molar-refractivity contribution is 5.77. The lowest BCUT2D eigenvalue weighted by Crippen LogP contribution is -2.11. The molecule has 4 N–H and O–H groups in total. The lowest BCUT2D eigenvalue weighted by molar-refractivity contribution is 0.354. The molecule has 0 unspecified atom stereocenters. The third-order valence-electron chi connectivity index (χ3n) is 4.22. The molecule has 152 valence electrons. The molecule has 1 heterocycles. The van der Waals surface area contributed by atoms with E-state index in [4.69, 9.17) is 15.2 Å². The van der Waals surface area contributed by atoms with Gasteiger partial charge >= 0.3 is 0 Å². The topological polar surface area (TPSA) is 94.3 Å². The van der Waals surface area contributed by atoms with Gasteiger partial charge in [-0.2, -0.15) is 0 Å². The third kappa shape index (κ3) is 4.81. The fourth-order valence-corrected chi connectivity index (χ4v) is 2.72. The summed E-state index contributed by atoms with van der Waals surface area (Å²) in [4.78, 5) is 8.15. The van der Waals surface area contributed by atoms with Gasteiger partial charge in [-0.05, 0) is 36.2 Å². The SMILES string of the molecule is COc1ccc(CCNc2ncnc(Nc3ccc(F)cc3F)c2N)cc1OC. The van der Waals surface area contributed by atoms with Crippen LogP contribution in [0.25, 0.3) is 0 Å². The number of hydrogen-bond donors (Lipinski definition) is 3. The second-order valence-electron chi connectivity index (χ2n) is 6.10. The van der Waals surface area contributed by atoms with Gasteiger partial charge in [0.2, 0.25) is 0 Å². The summed E-state index contributed by atoms with van der Waals surface area (Å²) >= 11 is 0. The first-order chi connectivity index (χ1) is 14.0. The summed E-state index contributed by atoms with van der Waals surface area (Å²) in [5.74, 6) is 0.532. The van der Waals surface area contributed by atoms with Gasteiger partial charge < -0.3 is 25.8 Å². The van der Waals surface area contributed by atoms with Crippen molar-refractivity contribution >= 4 is 23.0 Å². The quantitative estimate of drug-likeness (QED) is 0.529. The molecule has 29 heavy (non-hydrogen) atoms. The Morgan fingerprint density at radius 1 is 0.966 bits per heavy atom. The van der Waals surface area contributed by atoms with E-state index in [1.165, 1.54) is 12.4 Å². The van der Waals surface area contributed by atoms with E-state index < -0.39 is 11.6 Å². The summed E-state index contributed by atoms with van der Waals surface area (Å²) in [5, 5.41) is 5.89. The van der Waals surface area contributed by atoms with Crippen molar-refractivity contribution in [2.75, 3.05) is 37.1 Å². The summed E-state index contributed by atoms with van der Waals surface area (Å²) < 4.78 is 37.4. The van der Waals surface area contributed by atoms with Crippen molar-refractivity contribution in [1.82, 2.24) is 9.97 Å². The molecule has 2 aromatic carbocycles. The molecule has 0 radical (unpaired) electrons. The standard InChI is InChI=1S/C20H21F2N5O2/c1-28-16-6-3-12(9-17(16)29-2)7-8-24-19-18(23)20(26-11-25-19)27-15-5-4-13(21)10-14(15)22/h3-6,9-11H,7-8,23H2,1-2H3,(H2,24,25,26,27). The van der Waals surface area contributed by atoms with E-state index in [2.05, 4.69) is 20.6 Å². The smallest absolute Gasteiger partial charge is 0.160 e. The van der Waals surface area contributed by atoms with E-state index in [9.17, 15) is 8.78 Å². The van der Waals surface area contributed by atoms with Crippen LogP contribution in [0.2, 0.25) is 0 Å². The first-order valence-corrected chi connectivity index (χ1v) is 8.79. The van der Waals surface area contributed by atoms with Crippen LogP contribution in [-0.4, -0.2) is 30.7 Å². The van der Waals surface area contributed by atoms with E-state index in [0.29, 0.717) is 30.3 Å². The Morgan fingerprint density at radius 3 is 2.45 bits per heavy atom. The summed E-state index contributed by atoms with van der Waals surface area (Å²) in [6.45, 7) is 0.543. The Labute approximate surface area is 166 Å². The second-order valence-corrected chi connectivity index (χ2v) is 6.10. The van der Waals surface area contributed by atoms with Crippen LogP contribution < -0.4 is 25.8 Å². The van der Waals surface area contributed by atoms with E-state index in [0.717, 1.165) is 17.7 Å². The second kappa shape index (κ2) is 9.05. The molecule has 0 atom stereocenters. The molecule has 3 rings (SSSR count). The number of rotatable bonds is 8. The number of anilines is 4. The first kappa shape index (κ1) is 20.1. The highest BCUT2D eigenvalue weighted by Crippen LogP contribution is 2.29. The third-order valence-corrected chi connectivity index (χ3v) is 4.22. The zero-order chi connectivity index (χ0) is 20.8. The molecule has 0 spiro atoms. The predicted molar refractivity (Wildman–Crippen MR) is 108 cm³/mol. The molecule has 0 amide bonds. The van der Waals surface area contributed by atoms with Gasteiger partial charge in [0, 0.05) is 12.6 Å². The molecule has 3 aromatic rings. The lowest BCUT2D eigenvalue weighted by atomic mass is 10.1. The zero-order valence-corrected chi connectivity index (χ0v) is 16.0. The van der Waals surface area contributed by atoms with Gasteiger partial charge in [-0.25, -0.2) is 18.7 Å². The molecular formula is C20H21F2N5O2. The molecule has 0 fully saturated rings. The van der Waals surface area contributed by atoms with Gasteiger partial charge in [0.15, 0.2) is 23.1 Å². The Hall–Kier alpha value is -3.62. The molecule has 0 saturated heterocycles. The molecule has 0 aliphatic heterocycles. The molecule has 7 nitrogen and oxygen atoms in total. The van der Waals surface area contributed by atoms with E-state index in [-0.39, 0.29) is 17.2 Å². The van der Waals surface area contributed by atoms with Gasteiger partial charge in [-0.15, -0.1) is 0 Å². The van der Waals surface area contributed by atoms with Crippen molar-refractivity contribution < 1.29 is 18.3 Å². The number of nitrogens with one attached hydrogen (secondary N) is 2. The fraction of sp³-hybridized carbons (Fsp3) is 0.200. The number of nitrogen functional groups attached to an aromatic ring is 1. The van der Waals surface area contributed by atoms with Crippen LogP contribution >= 0.6 is 0 Å². The maximum atomic E-state index is 13.9. The molecule has 0 saturated carbocycles. The largest absolute Gasteiger partial charge is 0.493 e. The molecule has 0 aliphatic carbocycles. The Bertz CT molecular complexity index is 1000. The van der Waals surface area contributed by atoms with Crippen molar-refractivity contribution in [2.45, 2.75) is 6.42 Å². The van der Waals surface area contributed by atoms with Crippen molar-refractivity contribution in [2.24, 2.45) is 0 Å². The van der Waals surface area contributed by atoms with E-state index >= 15 is 0 Å². The molecule has 9 heteroatoms. The molecular weight excluding hydrogens is 380 g/mol. The van der Waals surface area contributed by atoms with Gasteiger partial charge in [-0.1, -0.05) is 6.07 Å². The molecule has 1 aromatic heterocycles. The van der Waals surface area contributed by atoms with Crippen molar-refractivity contribution in [3.05, 3.63) is 59.9 Å². The number of aromatic nitrogens is 2. The highest BCUT2D eigenvalue weighted by Gasteiger charge is 2.11. The summed E-state index contributed by atoms with van der Waals surface area (Å²) in [6, 6.07) is 8.88. The van der Waals surface area contributed by atoms with Crippen molar-refractivity contribution in [3.8, 4) is 11.5 Å². The van der Waals surface area contributed by atoms with Gasteiger partial charge in [0.05, 0.1) is 19.9 Å². The number of halogens is 2. The van der Waals surface area contributed by atoms with Crippen LogP contribution in [-0.2, 0) is 6.42 Å². The number of ether oxygens (including phenoxy) is 2. The van der Waals surface area contributed by atoms with Crippen molar-refractivity contribution in [3.63, 3.8) is 0 Å². The summed E-state index contributed by atoms with van der Waals surface area (Å²) in [7, 11) is 3.17. The van der Waals surface area contributed by atoms with Crippen LogP contribution in [0.5, 0.6) is 11.5 Å². The van der Waals surface area contributed by atoms with Crippen LogP contribution in [0.3, 0.4) is 0 Å². The van der Waals surface area contributed by atoms with E-state index in [1.54, 1.807) is 14.2 Å². The van der Waals surface area contributed by atoms with Gasteiger partial charge in [-0.3, -0.25) is 0 Å². The average molecular weight is 401 g/mol. The summed E-state index contributed by atoms with van der Waals surface area (Å²) in [5.41, 5.74) is 7.42. The Morgan fingerprint density at radius 2 is 1.72 bits per heavy atom. The van der Waals surface area contributed by atoms with E-state index in [1.807, 2.05) is 18.2 Å². The monoisotopic (exact) mass is 401 g/mol. The van der Waals surface area contributed by atoms with Crippen LogP contribution in [0.4, 0.5) is 31.8 Å². The first-order valence-electron chi connectivity index (χ1n) is 8.79. The number of methoxy groups -OCH3 is 2. The lowest BCUT2D eigenvalue weighted by Gasteiger charge is -2.13. The number of nitrogens with zero attached hydrogens (tertiary/aromatic N) is 2. The van der Waals surface area contributed by atoms with Crippen molar-refractivity contribution in [1.29, 1.82) is 0 Å². The van der Waals surface area contributed by atoms with Crippen LogP contribution in [0, 0.1) is 11.6 Å². The minimum Gasteiger partial charge on any atom is -0.493 e. The maximum absolute atomic E-state index is 13.9. The minimum absolute atomic E-state index is 0.0630. The Kier molecular flexibility index (Phi) is 6.28. The summed E-state index contributed by atoms with van der Waals surface area (Å²) in [6.07, 6.45) is 1.98. The van der Waals surface area contributed by atoms with Gasteiger partial charge in [0.25, 0.3) is 0 Å². The normalized spacial score (nSPS) is 10.5. The van der Waals surface area contributed by atoms with Gasteiger partial charge in [0.1, 0.15) is 23.6 Å². The Balaban J connectivity index is 1.67. The average Bonchev–Trinajstić information content (AvgIpc) is 2.72.